The van der Waals surface area contributed by atoms with Crippen LogP contribution in [-0.4, -0.2) is 62.9 Å². The van der Waals surface area contributed by atoms with E-state index in [2.05, 4.69) is 5.32 Å². The van der Waals surface area contributed by atoms with Crippen LogP contribution < -0.4 is 5.32 Å². The van der Waals surface area contributed by atoms with Gasteiger partial charge in [0.2, 0.25) is 5.91 Å². The second kappa shape index (κ2) is 8.51. The molecule has 0 aromatic carbocycles. The molecule has 0 spiro atoms. The number of carbonyl (C=O) groups is 1. The van der Waals surface area contributed by atoms with Crippen molar-refractivity contribution in [3.63, 3.8) is 0 Å². The fourth-order valence-corrected chi connectivity index (χ4v) is 2.75. The zero-order valence-electron chi connectivity index (χ0n) is 12.3. The highest BCUT2D eigenvalue weighted by Crippen LogP contribution is 2.31. The normalized spacial score (nSPS) is 18.3. The first-order valence-electron chi connectivity index (χ1n) is 7.22. The number of rotatable bonds is 8. The van der Waals surface area contributed by atoms with Gasteiger partial charge in [-0.3, -0.25) is 4.79 Å². The molecule has 1 amide bonds. The first-order valence-corrected chi connectivity index (χ1v) is 7.22. The first-order chi connectivity index (χ1) is 9.16. The van der Waals surface area contributed by atoms with Crippen molar-refractivity contribution in [2.75, 3.05) is 47.0 Å². The Morgan fingerprint density at radius 3 is 2.58 bits per heavy atom. The van der Waals surface area contributed by atoms with Gasteiger partial charge in [0, 0.05) is 27.3 Å². The van der Waals surface area contributed by atoms with Crippen LogP contribution in [0.2, 0.25) is 0 Å². The molecule has 19 heavy (non-hydrogen) atoms. The van der Waals surface area contributed by atoms with Crippen LogP contribution in [0.5, 0.6) is 0 Å². The average Bonchev–Trinajstić information content (AvgIpc) is 2.44. The molecule has 1 saturated heterocycles. The summed E-state index contributed by atoms with van der Waals surface area (Å²) in [6.07, 6.45) is 4.42. The molecule has 5 nitrogen and oxygen atoms in total. The minimum Gasteiger partial charge on any atom is -0.396 e. The number of piperidine rings is 1. The van der Waals surface area contributed by atoms with Crippen molar-refractivity contribution in [3.05, 3.63) is 0 Å². The van der Waals surface area contributed by atoms with Gasteiger partial charge in [0.25, 0.3) is 0 Å². The Kier molecular flexibility index (Phi) is 7.34. The molecule has 1 heterocycles. The summed E-state index contributed by atoms with van der Waals surface area (Å²) in [4.78, 5) is 14.5. The summed E-state index contributed by atoms with van der Waals surface area (Å²) in [5.74, 6) is 0.208. The molecular formula is C14H28N2O3. The molecule has 0 aliphatic carbocycles. The van der Waals surface area contributed by atoms with E-state index in [-0.39, 0.29) is 17.9 Å². The predicted molar refractivity (Wildman–Crippen MR) is 75.0 cm³/mol. The number of aliphatic hydroxyl groups is 1. The third-order valence-electron chi connectivity index (χ3n) is 3.93. The summed E-state index contributed by atoms with van der Waals surface area (Å²) < 4.78 is 5.29. The molecule has 0 aromatic rings. The Labute approximate surface area is 116 Å². The molecule has 0 bridgehead atoms. The van der Waals surface area contributed by atoms with E-state index >= 15 is 0 Å². The van der Waals surface area contributed by atoms with Crippen molar-refractivity contribution in [1.29, 1.82) is 0 Å². The van der Waals surface area contributed by atoms with Crippen molar-refractivity contribution in [1.82, 2.24) is 10.2 Å². The Morgan fingerprint density at radius 1 is 1.32 bits per heavy atom. The van der Waals surface area contributed by atoms with E-state index in [0.29, 0.717) is 6.61 Å². The van der Waals surface area contributed by atoms with Crippen LogP contribution in [0.4, 0.5) is 0 Å². The zero-order chi connectivity index (χ0) is 14.1. The van der Waals surface area contributed by atoms with Crippen molar-refractivity contribution in [2.45, 2.75) is 32.1 Å². The second-order valence-corrected chi connectivity index (χ2v) is 5.47. The van der Waals surface area contributed by atoms with Gasteiger partial charge in [0.15, 0.2) is 0 Å². The van der Waals surface area contributed by atoms with E-state index in [4.69, 9.17) is 9.84 Å². The summed E-state index contributed by atoms with van der Waals surface area (Å²) in [6.45, 7) is 3.27. The lowest BCUT2D eigenvalue weighted by Crippen LogP contribution is -2.50. The van der Waals surface area contributed by atoms with Gasteiger partial charge in [-0.1, -0.05) is 0 Å². The van der Waals surface area contributed by atoms with Crippen LogP contribution >= 0.6 is 0 Å². The Balaban J connectivity index is 2.50. The van der Waals surface area contributed by atoms with E-state index in [1.165, 1.54) is 0 Å². The van der Waals surface area contributed by atoms with Gasteiger partial charge in [0.1, 0.15) is 0 Å². The number of nitrogens with one attached hydrogen (secondary N) is 1. The van der Waals surface area contributed by atoms with E-state index in [0.717, 1.165) is 51.7 Å². The third-order valence-corrected chi connectivity index (χ3v) is 3.93. The number of methoxy groups -OCH3 is 1. The average molecular weight is 272 g/mol. The molecule has 0 saturated carbocycles. The summed E-state index contributed by atoms with van der Waals surface area (Å²) in [6, 6.07) is 0. The van der Waals surface area contributed by atoms with Crippen molar-refractivity contribution in [3.8, 4) is 0 Å². The molecule has 1 fully saturated rings. The number of ether oxygens (including phenoxy) is 1. The van der Waals surface area contributed by atoms with E-state index < -0.39 is 0 Å². The quantitative estimate of drug-likeness (QED) is 0.636. The van der Waals surface area contributed by atoms with E-state index in [1.807, 2.05) is 11.9 Å². The Hall–Kier alpha value is -0.650. The molecule has 1 rings (SSSR count). The highest BCUT2D eigenvalue weighted by atomic mass is 16.5. The minimum absolute atomic E-state index is 0.208. The Bertz CT molecular complexity index is 260. The van der Waals surface area contributed by atoms with Crippen LogP contribution in [0.3, 0.4) is 0 Å². The van der Waals surface area contributed by atoms with Crippen molar-refractivity contribution >= 4 is 5.91 Å². The van der Waals surface area contributed by atoms with Crippen molar-refractivity contribution in [2.24, 2.45) is 5.41 Å². The molecule has 0 aromatic heterocycles. The molecule has 2 N–H and O–H groups in total. The summed E-state index contributed by atoms with van der Waals surface area (Å²) in [5.41, 5.74) is -0.342. The zero-order valence-corrected chi connectivity index (χ0v) is 12.3. The van der Waals surface area contributed by atoms with Gasteiger partial charge in [-0.15, -0.1) is 0 Å². The number of carbonyl (C=O) groups excluding carboxylic acids is 1. The van der Waals surface area contributed by atoms with Gasteiger partial charge in [0.05, 0.1) is 12.0 Å². The molecule has 0 radical (unpaired) electrons. The monoisotopic (exact) mass is 272 g/mol. The molecule has 5 heteroatoms. The maximum atomic E-state index is 12.6. The summed E-state index contributed by atoms with van der Waals surface area (Å²) >= 11 is 0. The minimum atomic E-state index is -0.342. The van der Waals surface area contributed by atoms with E-state index in [1.54, 1.807) is 7.11 Å². The smallest absolute Gasteiger partial charge is 0.230 e. The van der Waals surface area contributed by atoms with Crippen LogP contribution in [0.15, 0.2) is 0 Å². The van der Waals surface area contributed by atoms with Gasteiger partial charge in [-0.25, -0.2) is 0 Å². The van der Waals surface area contributed by atoms with Gasteiger partial charge >= 0.3 is 0 Å². The largest absolute Gasteiger partial charge is 0.396 e. The fraction of sp³-hybridized carbons (Fsp3) is 0.929. The SMILES string of the molecule is COCC1(C(=O)N(C)CCCCCO)CCNCC1. The lowest BCUT2D eigenvalue weighted by atomic mass is 9.78. The maximum Gasteiger partial charge on any atom is 0.230 e. The number of aliphatic hydroxyl groups excluding tert-OH is 1. The lowest BCUT2D eigenvalue weighted by molar-refractivity contribution is -0.146. The molecule has 1 aliphatic heterocycles. The topological polar surface area (TPSA) is 61.8 Å². The number of amides is 1. The first kappa shape index (κ1) is 16.4. The lowest BCUT2D eigenvalue weighted by Gasteiger charge is -2.38. The van der Waals surface area contributed by atoms with Crippen LogP contribution in [0, 0.1) is 5.41 Å². The summed E-state index contributed by atoms with van der Waals surface area (Å²) in [7, 11) is 3.54. The van der Waals surface area contributed by atoms with E-state index in [9.17, 15) is 4.79 Å². The van der Waals surface area contributed by atoms with Gasteiger partial charge in [-0.2, -0.15) is 0 Å². The standard InChI is InChI=1S/C14H28N2O3/c1-16(10-4-3-5-11-17)13(18)14(12-19-2)6-8-15-9-7-14/h15,17H,3-12H2,1-2H3. The second-order valence-electron chi connectivity index (χ2n) is 5.47. The highest BCUT2D eigenvalue weighted by Gasteiger charge is 2.41. The van der Waals surface area contributed by atoms with Gasteiger partial charge in [-0.05, 0) is 45.2 Å². The fourth-order valence-electron chi connectivity index (χ4n) is 2.75. The number of unbranched alkanes of at least 4 members (excludes halogenated alkanes) is 2. The number of hydrogen-bond donors (Lipinski definition) is 2. The molecule has 1 aliphatic rings. The van der Waals surface area contributed by atoms with Crippen LogP contribution in [0.1, 0.15) is 32.1 Å². The van der Waals surface area contributed by atoms with Crippen LogP contribution in [-0.2, 0) is 9.53 Å². The van der Waals surface area contributed by atoms with Gasteiger partial charge < -0.3 is 20.1 Å². The maximum absolute atomic E-state index is 12.6. The predicted octanol–water partition coefficient (Wildman–Crippen LogP) is 0.624. The molecule has 0 unspecified atom stereocenters. The Morgan fingerprint density at radius 2 is 2.00 bits per heavy atom. The number of hydrogen-bond acceptors (Lipinski definition) is 4. The highest BCUT2D eigenvalue weighted by molar-refractivity contribution is 5.82. The summed E-state index contributed by atoms with van der Waals surface area (Å²) in [5, 5.41) is 12.0. The van der Waals surface area contributed by atoms with Crippen LogP contribution in [0.25, 0.3) is 0 Å². The van der Waals surface area contributed by atoms with Crippen molar-refractivity contribution < 1.29 is 14.6 Å². The number of nitrogens with zero attached hydrogens (tertiary/aromatic N) is 1. The molecule has 112 valence electrons. The third kappa shape index (κ3) is 4.75. The molecule has 0 atom stereocenters. The molecular weight excluding hydrogens is 244 g/mol.